The number of benzene rings is 1. The molecule has 0 bridgehead atoms. The summed E-state index contributed by atoms with van der Waals surface area (Å²) in [5.74, 6) is -0.291. The van der Waals surface area contributed by atoms with Gasteiger partial charge in [0.25, 0.3) is 0 Å². The first-order valence-corrected chi connectivity index (χ1v) is 8.97. The van der Waals surface area contributed by atoms with Crippen LogP contribution in [-0.2, 0) is 11.2 Å². The Hall–Kier alpha value is -2.76. The van der Waals surface area contributed by atoms with Crippen molar-refractivity contribution in [2.24, 2.45) is 0 Å². The quantitative estimate of drug-likeness (QED) is 0.725. The minimum Gasteiger partial charge on any atom is -0.334 e. The molecule has 4 rings (SSSR count). The van der Waals surface area contributed by atoms with E-state index < -0.39 is 0 Å². The average molecular weight is 352 g/mol. The molecule has 1 saturated heterocycles. The molecule has 6 heteroatoms. The molecule has 0 N–H and O–H groups in total. The third-order valence-corrected chi connectivity index (χ3v) is 4.88. The summed E-state index contributed by atoms with van der Waals surface area (Å²) >= 11 is 0. The number of amides is 1. The molecule has 26 heavy (non-hydrogen) atoms. The summed E-state index contributed by atoms with van der Waals surface area (Å²) in [6.45, 7) is 2.65. The highest BCUT2D eigenvalue weighted by atomic mass is 19.1. The fraction of sp³-hybridized carbons (Fsp3) is 0.350. The molecule has 1 amide bonds. The molecule has 134 valence electrons. The lowest BCUT2D eigenvalue weighted by atomic mass is 9.98. The van der Waals surface area contributed by atoms with Gasteiger partial charge >= 0.3 is 0 Å². The molecular weight excluding hydrogens is 331 g/mol. The first kappa shape index (κ1) is 16.7. The Labute approximate surface area is 151 Å². The first-order valence-electron chi connectivity index (χ1n) is 8.97. The smallest absolute Gasteiger partial charge is 0.227 e. The lowest BCUT2D eigenvalue weighted by Crippen LogP contribution is -2.39. The van der Waals surface area contributed by atoms with E-state index in [0.29, 0.717) is 12.1 Å². The van der Waals surface area contributed by atoms with E-state index in [2.05, 4.69) is 5.10 Å². The highest BCUT2D eigenvalue weighted by Crippen LogP contribution is 2.30. The van der Waals surface area contributed by atoms with Crippen molar-refractivity contribution in [1.29, 1.82) is 0 Å². The van der Waals surface area contributed by atoms with E-state index in [0.717, 1.165) is 36.3 Å². The van der Waals surface area contributed by atoms with Crippen LogP contribution < -0.4 is 0 Å². The van der Waals surface area contributed by atoms with Crippen molar-refractivity contribution in [3.63, 3.8) is 0 Å². The number of hydrogen-bond donors (Lipinski definition) is 0. The minimum atomic E-state index is -0.311. The average Bonchev–Trinajstić information content (AvgIpc) is 3.01. The summed E-state index contributed by atoms with van der Waals surface area (Å²) in [6.07, 6.45) is 5.06. The molecule has 0 radical (unpaired) electrons. The Balaban J connectivity index is 1.59. The molecule has 1 aliphatic rings. The van der Waals surface area contributed by atoms with Crippen molar-refractivity contribution < 1.29 is 9.18 Å². The largest absolute Gasteiger partial charge is 0.334 e. The van der Waals surface area contributed by atoms with Gasteiger partial charge in [-0.25, -0.2) is 13.9 Å². The number of rotatable bonds is 3. The van der Waals surface area contributed by atoms with Crippen LogP contribution in [0.5, 0.6) is 0 Å². The Kier molecular flexibility index (Phi) is 4.41. The summed E-state index contributed by atoms with van der Waals surface area (Å²) in [5, 5.41) is 4.36. The van der Waals surface area contributed by atoms with Crippen molar-refractivity contribution in [2.75, 3.05) is 6.54 Å². The van der Waals surface area contributed by atoms with E-state index in [-0.39, 0.29) is 24.2 Å². The maximum atomic E-state index is 13.4. The van der Waals surface area contributed by atoms with Crippen LogP contribution in [0.3, 0.4) is 0 Å². The second-order valence-corrected chi connectivity index (χ2v) is 6.85. The lowest BCUT2D eigenvalue weighted by Gasteiger charge is -2.35. The van der Waals surface area contributed by atoms with Gasteiger partial charge in [0, 0.05) is 18.8 Å². The Morgan fingerprint density at radius 3 is 3.00 bits per heavy atom. The van der Waals surface area contributed by atoms with Crippen molar-refractivity contribution >= 4 is 11.6 Å². The molecule has 5 nitrogen and oxygen atoms in total. The molecule has 0 unspecified atom stereocenters. The molecule has 0 spiro atoms. The van der Waals surface area contributed by atoms with Crippen LogP contribution in [0.25, 0.3) is 5.65 Å². The van der Waals surface area contributed by atoms with Crippen LogP contribution in [0.15, 0.2) is 42.6 Å². The number of carbonyl (C=O) groups excluding carboxylic acids is 1. The molecule has 1 fully saturated rings. The van der Waals surface area contributed by atoms with E-state index >= 15 is 0 Å². The maximum absolute atomic E-state index is 13.4. The molecule has 2 aromatic heterocycles. The maximum Gasteiger partial charge on any atom is 0.227 e. The van der Waals surface area contributed by atoms with Crippen LogP contribution in [0, 0.1) is 12.7 Å². The monoisotopic (exact) mass is 352 g/mol. The second-order valence-electron chi connectivity index (χ2n) is 6.85. The number of likely N-dealkylation sites (tertiary alicyclic amines) is 1. The zero-order chi connectivity index (χ0) is 18.1. The van der Waals surface area contributed by atoms with Gasteiger partial charge < -0.3 is 4.90 Å². The normalized spacial score (nSPS) is 17.6. The fourth-order valence-electron chi connectivity index (χ4n) is 3.66. The molecule has 0 saturated carbocycles. The SMILES string of the molecule is Cc1cc2nc([C@H]3CCCCN3C(=O)Cc3cccc(F)c3)ccn2n1. The first-order chi connectivity index (χ1) is 12.6. The lowest BCUT2D eigenvalue weighted by molar-refractivity contribution is -0.134. The van der Waals surface area contributed by atoms with Crippen molar-refractivity contribution in [1.82, 2.24) is 19.5 Å². The van der Waals surface area contributed by atoms with Crippen molar-refractivity contribution in [2.45, 2.75) is 38.6 Å². The van der Waals surface area contributed by atoms with Crippen molar-refractivity contribution in [3.8, 4) is 0 Å². The van der Waals surface area contributed by atoms with Gasteiger partial charge in [-0.1, -0.05) is 12.1 Å². The Bertz CT molecular complexity index is 952. The predicted molar refractivity (Wildman–Crippen MR) is 96.1 cm³/mol. The topological polar surface area (TPSA) is 50.5 Å². The standard InChI is InChI=1S/C20H21FN4O/c1-14-11-19-22-17(8-10-25(19)23-14)18-7-2-3-9-24(18)20(26)13-15-5-4-6-16(21)12-15/h4-6,8,10-12,18H,2-3,7,9,13H2,1H3/t18-/m1/s1. The number of piperidine rings is 1. The number of aromatic nitrogens is 3. The van der Waals surface area contributed by atoms with Gasteiger partial charge in [-0.3, -0.25) is 4.79 Å². The number of fused-ring (bicyclic) bond motifs is 1. The van der Waals surface area contributed by atoms with Gasteiger partial charge in [0.2, 0.25) is 5.91 Å². The molecular formula is C20H21FN4O. The molecule has 1 aromatic carbocycles. The number of halogens is 1. The van der Waals surface area contributed by atoms with Gasteiger partial charge in [-0.15, -0.1) is 0 Å². The molecule has 3 heterocycles. The molecule has 3 aromatic rings. The van der Waals surface area contributed by atoms with Crippen LogP contribution in [0.1, 0.15) is 42.3 Å². The summed E-state index contributed by atoms with van der Waals surface area (Å²) < 4.78 is 15.2. The number of hydrogen-bond acceptors (Lipinski definition) is 3. The summed E-state index contributed by atoms with van der Waals surface area (Å²) in [7, 11) is 0. The number of nitrogens with zero attached hydrogens (tertiary/aromatic N) is 4. The summed E-state index contributed by atoms with van der Waals surface area (Å²) in [5.41, 5.74) is 3.30. The summed E-state index contributed by atoms with van der Waals surface area (Å²) in [4.78, 5) is 19.5. The number of aryl methyl sites for hydroxylation is 1. The fourth-order valence-corrected chi connectivity index (χ4v) is 3.66. The predicted octanol–water partition coefficient (Wildman–Crippen LogP) is 3.47. The van der Waals surface area contributed by atoms with Gasteiger partial charge in [-0.05, 0) is 49.9 Å². The highest BCUT2D eigenvalue weighted by Gasteiger charge is 2.29. The Morgan fingerprint density at radius 1 is 1.27 bits per heavy atom. The highest BCUT2D eigenvalue weighted by molar-refractivity contribution is 5.79. The van der Waals surface area contributed by atoms with Gasteiger partial charge in [0.1, 0.15) is 5.82 Å². The van der Waals surface area contributed by atoms with E-state index in [4.69, 9.17) is 4.98 Å². The Morgan fingerprint density at radius 2 is 2.15 bits per heavy atom. The molecule has 1 aliphatic heterocycles. The van der Waals surface area contributed by atoms with Gasteiger partial charge in [0.05, 0.1) is 23.9 Å². The zero-order valence-electron chi connectivity index (χ0n) is 14.7. The van der Waals surface area contributed by atoms with E-state index in [9.17, 15) is 9.18 Å². The summed E-state index contributed by atoms with van der Waals surface area (Å²) in [6, 6.07) is 10.1. The van der Waals surface area contributed by atoms with Crippen molar-refractivity contribution in [3.05, 3.63) is 65.4 Å². The third-order valence-electron chi connectivity index (χ3n) is 4.88. The van der Waals surface area contributed by atoms with Crippen LogP contribution in [0.2, 0.25) is 0 Å². The minimum absolute atomic E-state index is 0.0201. The second kappa shape index (κ2) is 6.86. The molecule has 0 aliphatic carbocycles. The van der Waals surface area contributed by atoms with Gasteiger partial charge in [-0.2, -0.15) is 5.10 Å². The number of carbonyl (C=O) groups is 1. The zero-order valence-corrected chi connectivity index (χ0v) is 14.7. The van der Waals surface area contributed by atoms with Crippen LogP contribution in [-0.4, -0.2) is 31.9 Å². The van der Waals surface area contributed by atoms with Crippen LogP contribution in [0.4, 0.5) is 4.39 Å². The third kappa shape index (κ3) is 3.31. The van der Waals surface area contributed by atoms with Crippen LogP contribution >= 0.6 is 0 Å². The van der Waals surface area contributed by atoms with E-state index in [1.54, 1.807) is 16.6 Å². The van der Waals surface area contributed by atoms with E-state index in [1.165, 1.54) is 12.1 Å². The van der Waals surface area contributed by atoms with Gasteiger partial charge in [0.15, 0.2) is 5.65 Å². The van der Waals surface area contributed by atoms with E-state index in [1.807, 2.05) is 30.2 Å². The molecule has 1 atom stereocenters.